The molecule has 2 aliphatic rings. The third-order valence-corrected chi connectivity index (χ3v) is 8.20. The maximum atomic E-state index is 13.7. The maximum absolute atomic E-state index is 13.7. The molecule has 1 aliphatic carbocycles. The Morgan fingerprint density at radius 1 is 1.15 bits per heavy atom. The average molecular weight is 540 g/mol. The predicted octanol–water partition coefficient (Wildman–Crippen LogP) is 5.74. The van der Waals surface area contributed by atoms with E-state index >= 15 is 0 Å². The summed E-state index contributed by atoms with van der Waals surface area (Å²) in [6.07, 6.45) is 6.48. The molecule has 1 aliphatic heterocycles. The number of aromatic nitrogens is 2. The van der Waals surface area contributed by atoms with Crippen molar-refractivity contribution in [2.75, 3.05) is 24.5 Å². The van der Waals surface area contributed by atoms with Gasteiger partial charge in [0.15, 0.2) is 5.78 Å². The number of amides is 1. The highest BCUT2D eigenvalue weighted by molar-refractivity contribution is 6.10. The zero-order valence-corrected chi connectivity index (χ0v) is 24.8. The van der Waals surface area contributed by atoms with Crippen molar-refractivity contribution in [1.29, 1.82) is 0 Å². The Bertz CT molecular complexity index is 1530. The average Bonchev–Trinajstić information content (AvgIpc) is 3.25. The van der Waals surface area contributed by atoms with Crippen LogP contribution in [-0.2, 0) is 4.79 Å². The fraction of sp³-hybridized carbons (Fsp3) is 0.424. The number of nitrogens with one attached hydrogen (secondary N) is 2. The van der Waals surface area contributed by atoms with Crippen LogP contribution in [-0.4, -0.2) is 53.0 Å². The van der Waals surface area contributed by atoms with E-state index in [1.165, 1.54) is 0 Å². The van der Waals surface area contributed by atoms with Gasteiger partial charge < -0.3 is 20.1 Å². The molecule has 7 heteroatoms. The molecule has 2 atom stereocenters. The minimum absolute atomic E-state index is 0.0817. The second-order valence-corrected chi connectivity index (χ2v) is 11.9. The molecule has 0 bridgehead atoms. The van der Waals surface area contributed by atoms with Crippen LogP contribution in [0.4, 0.5) is 5.82 Å². The molecule has 7 nitrogen and oxygen atoms in total. The maximum Gasteiger partial charge on any atom is 0.252 e. The first-order chi connectivity index (χ1) is 19.0. The first-order valence-electron chi connectivity index (χ1n) is 14.3. The van der Waals surface area contributed by atoms with Gasteiger partial charge in [0.1, 0.15) is 5.82 Å². The second-order valence-electron chi connectivity index (χ2n) is 11.9. The molecule has 1 amide bonds. The van der Waals surface area contributed by atoms with E-state index in [1.807, 2.05) is 32.2 Å². The van der Waals surface area contributed by atoms with E-state index < -0.39 is 0 Å². The smallest absolute Gasteiger partial charge is 0.252 e. The number of fused-ring (bicyclic) bond motifs is 1. The van der Waals surface area contributed by atoms with Crippen molar-refractivity contribution in [3.05, 3.63) is 70.6 Å². The molecular weight excluding hydrogens is 498 g/mol. The van der Waals surface area contributed by atoms with E-state index in [1.54, 1.807) is 0 Å². The van der Waals surface area contributed by atoms with E-state index in [9.17, 15) is 9.59 Å². The molecule has 0 radical (unpaired) electrons. The van der Waals surface area contributed by atoms with Crippen LogP contribution in [0.5, 0.6) is 0 Å². The summed E-state index contributed by atoms with van der Waals surface area (Å²) in [6, 6.07) is 9.33. The number of ketones is 1. The third-order valence-electron chi connectivity index (χ3n) is 8.20. The van der Waals surface area contributed by atoms with Crippen LogP contribution in [0.25, 0.3) is 22.0 Å². The summed E-state index contributed by atoms with van der Waals surface area (Å²) in [4.78, 5) is 33.6. The lowest BCUT2D eigenvalue weighted by molar-refractivity contribution is -0.115. The Balaban J connectivity index is 1.51. The number of pyridine rings is 1. The van der Waals surface area contributed by atoms with E-state index in [4.69, 9.17) is 4.98 Å². The van der Waals surface area contributed by atoms with E-state index in [2.05, 4.69) is 79.1 Å². The Kier molecular flexibility index (Phi) is 7.69. The van der Waals surface area contributed by atoms with Crippen LogP contribution >= 0.6 is 0 Å². The highest BCUT2D eigenvalue weighted by Gasteiger charge is 2.24. The van der Waals surface area contributed by atoms with E-state index in [0.29, 0.717) is 29.6 Å². The predicted molar refractivity (Wildman–Crippen MR) is 163 cm³/mol. The van der Waals surface area contributed by atoms with Gasteiger partial charge in [-0.05, 0) is 89.4 Å². The molecule has 1 saturated heterocycles. The van der Waals surface area contributed by atoms with Gasteiger partial charge in [-0.15, -0.1) is 0 Å². The van der Waals surface area contributed by atoms with Crippen molar-refractivity contribution < 1.29 is 9.59 Å². The number of carbonyl (C=O) groups excluding carboxylic acids is 2. The van der Waals surface area contributed by atoms with E-state index in [-0.39, 0.29) is 24.3 Å². The van der Waals surface area contributed by atoms with Crippen LogP contribution in [0.15, 0.2) is 59.5 Å². The molecule has 1 fully saturated rings. The van der Waals surface area contributed by atoms with Gasteiger partial charge in [0.25, 0.3) is 5.91 Å². The quantitative estimate of drug-likeness (QED) is 0.417. The van der Waals surface area contributed by atoms with Crippen LogP contribution in [0.1, 0.15) is 69.9 Å². The van der Waals surface area contributed by atoms with Gasteiger partial charge in [0.05, 0.1) is 0 Å². The number of anilines is 1. The molecule has 2 N–H and O–H groups in total. The SMILES string of the molecule is CC1=CC(C)=C(CNC(=O)c2cc(-c3ccc(N4C[C@H](C)NC[C@@H]4C)nc3)cc3c2c(C)cn3C(C)C)C(=O)C1. The number of aryl methyl sites for hydroxylation is 1. The van der Waals surface area contributed by atoms with Crippen molar-refractivity contribution in [2.45, 2.75) is 73.0 Å². The lowest BCUT2D eigenvalue weighted by Crippen LogP contribution is -2.54. The number of piperazine rings is 1. The lowest BCUT2D eigenvalue weighted by Gasteiger charge is -2.38. The minimum atomic E-state index is -0.177. The van der Waals surface area contributed by atoms with Gasteiger partial charge in [0, 0.05) is 84.2 Å². The number of hydrogen-bond donors (Lipinski definition) is 2. The molecule has 5 rings (SSSR count). The Morgan fingerprint density at radius 2 is 1.93 bits per heavy atom. The van der Waals surface area contributed by atoms with Gasteiger partial charge >= 0.3 is 0 Å². The van der Waals surface area contributed by atoms with E-state index in [0.717, 1.165) is 57.6 Å². The van der Waals surface area contributed by atoms with Crippen LogP contribution in [0, 0.1) is 6.92 Å². The summed E-state index contributed by atoms with van der Waals surface area (Å²) in [5, 5.41) is 7.52. The Labute approximate surface area is 237 Å². The number of allylic oxidation sites excluding steroid dienone is 3. The van der Waals surface area contributed by atoms with Crippen molar-refractivity contribution in [3.8, 4) is 11.1 Å². The summed E-state index contributed by atoms with van der Waals surface area (Å²) in [5.41, 5.74) is 7.26. The van der Waals surface area contributed by atoms with Gasteiger partial charge in [-0.1, -0.05) is 11.6 Å². The van der Waals surface area contributed by atoms with Crippen molar-refractivity contribution in [3.63, 3.8) is 0 Å². The zero-order chi connectivity index (χ0) is 28.7. The fourth-order valence-corrected chi connectivity index (χ4v) is 6.02. The molecule has 0 spiro atoms. The van der Waals surface area contributed by atoms with Gasteiger partial charge in [-0.2, -0.15) is 0 Å². The van der Waals surface area contributed by atoms with Gasteiger partial charge in [-0.25, -0.2) is 4.98 Å². The largest absolute Gasteiger partial charge is 0.351 e. The number of carbonyl (C=O) groups is 2. The summed E-state index contributed by atoms with van der Waals surface area (Å²) in [7, 11) is 0. The summed E-state index contributed by atoms with van der Waals surface area (Å²) >= 11 is 0. The first kappa shape index (κ1) is 27.8. The topological polar surface area (TPSA) is 79.3 Å². The summed E-state index contributed by atoms with van der Waals surface area (Å²) in [6.45, 7) is 16.7. The minimum Gasteiger partial charge on any atom is -0.351 e. The normalized spacial score (nSPS) is 19.9. The number of Topliss-reactive ketones (excluding diaryl/α,β-unsaturated/α-hetero) is 1. The molecule has 0 unspecified atom stereocenters. The highest BCUT2D eigenvalue weighted by atomic mass is 16.2. The Morgan fingerprint density at radius 3 is 2.60 bits per heavy atom. The monoisotopic (exact) mass is 539 g/mol. The molecule has 210 valence electrons. The molecule has 2 aromatic heterocycles. The lowest BCUT2D eigenvalue weighted by atomic mass is 9.92. The number of nitrogens with zero attached hydrogens (tertiary/aromatic N) is 3. The molecule has 40 heavy (non-hydrogen) atoms. The van der Waals surface area contributed by atoms with Crippen molar-refractivity contribution in [1.82, 2.24) is 20.2 Å². The standard InChI is InChI=1S/C33H41N5O2/c1-19(2)37-17-22(5)32-27(33(40)36-16-28-21(4)10-20(3)11-30(28)39)12-26(13-29(32)37)25-8-9-31(35-15-25)38-18-23(6)34-14-24(38)7/h8-10,12-13,15,17,19,23-24,34H,11,14,16,18H2,1-7H3,(H,36,40)/t23-,24-/m0/s1. The second kappa shape index (κ2) is 11.0. The molecule has 0 saturated carbocycles. The molecule has 1 aromatic carbocycles. The molecular formula is C33H41N5O2. The number of hydrogen-bond acceptors (Lipinski definition) is 5. The number of benzene rings is 1. The van der Waals surface area contributed by atoms with Crippen LogP contribution < -0.4 is 15.5 Å². The van der Waals surface area contributed by atoms with Crippen LogP contribution in [0.2, 0.25) is 0 Å². The third kappa shape index (κ3) is 5.35. The molecule has 3 heterocycles. The van der Waals surface area contributed by atoms with Gasteiger partial charge in [-0.3, -0.25) is 9.59 Å². The zero-order valence-electron chi connectivity index (χ0n) is 24.8. The summed E-state index contributed by atoms with van der Waals surface area (Å²) in [5.74, 6) is 0.873. The fourth-order valence-electron chi connectivity index (χ4n) is 6.02. The Hall–Kier alpha value is -3.71. The van der Waals surface area contributed by atoms with Crippen molar-refractivity contribution >= 4 is 28.4 Å². The van der Waals surface area contributed by atoms with Crippen LogP contribution in [0.3, 0.4) is 0 Å². The van der Waals surface area contributed by atoms with Gasteiger partial charge in [0.2, 0.25) is 0 Å². The van der Waals surface area contributed by atoms with Crippen molar-refractivity contribution in [2.24, 2.45) is 0 Å². The number of rotatable bonds is 6. The first-order valence-corrected chi connectivity index (χ1v) is 14.3. The molecule has 3 aromatic rings. The highest BCUT2D eigenvalue weighted by Crippen LogP contribution is 2.33. The summed E-state index contributed by atoms with van der Waals surface area (Å²) < 4.78 is 2.22.